The number of piperazine rings is 1. The molecule has 2 N–H and O–H groups in total. The number of nitrogens with one attached hydrogen (secondary N) is 2. The van der Waals surface area contributed by atoms with Gasteiger partial charge in [0.05, 0.1) is 17.7 Å². The van der Waals surface area contributed by atoms with Gasteiger partial charge in [-0.15, -0.1) is 0 Å². The minimum atomic E-state index is -0.954. The predicted molar refractivity (Wildman–Crippen MR) is 107 cm³/mol. The summed E-state index contributed by atoms with van der Waals surface area (Å²) < 4.78 is 5.78. The maximum atomic E-state index is 12.8. The normalized spacial score (nSPS) is 22.3. The summed E-state index contributed by atoms with van der Waals surface area (Å²) >= 11 is 0. The fraction of sp³-hybridized carbons (Fsp3) is 0.524. The molecule has 1 unspecified atom stereocenters. The molecular weight excluding hydrogens is 388 g/mol. The van der Waals surface area contributed by atoms with Gasteiger partial charge in [-0.2, -0.15) is 0 Å². The zero-order chi connectivity index (χ0) is 21.1. The van der Waals surface area contributed by atoms with E-state index in [1.54, 1.807) is 18.2 Å². The Hall–Kier alpha value is -2.78. The summed E-state index contributed by atoms with van der Waals surface area (Å²) in [6.45, 7) is 5.80. The number of hydrogen-bond acceptors (Lipinski definition) is 7. The summed E-state index contributed by atoms with van der Waals surface area (Å²) in [5.41, 5.74) is 0.499. The van der Waals surface area contributed by atoms with Gasteiger partial charge in [0.25, 0.3) is 11.8 Å². The van der Waals surface area contributed by atoms with Crippen molar-refractivity contribution in [2.75, 3.05) is 39.3 Å². The van der Waals surface area contributed by atoms with Crippen molar-refractivity contribution in [2.45, 2.75) is 31.7 Å². The van der Waals surface area contributed by atoms with Crippen LogP contribution in [0, 0.1) is 0 Å². The highest BCUT2D eigenvalue weighted by Gasteiger charge is 2.44. The fourth-order valence-corrected chi connectivity index (χ4v) is 4.10. The molecule has 3 aliphatic rings. The lowest BCUT2D eigenvalue weighted by Gasteiger charge is -2.27. The van der Waals surface area contributed by atoms with E-state index >= 15 is 0 Å². The number of ether oxygens (including phenoxy) is 1. The van der Waals surface area contributed by atoms with E-state index in [0.717, 1.165) is 50.5 Å². The third-order valence-corrected chi connectivity index (χ3v) is 5.76. The van der Waals surface area contributed by atoms with E-state index in [-0.39, 0.29) is 29.9 Å². The van der Waals surface area contributed by atoms with Crippen molar-refractivity contribution in [2.24, 2.45) is 0 Å². The molecule has 3 heterocycles. The van der Waals surface area contributed by atoms with Crippen LogP contribution in [0.5, 0.6) is 5.75 Å². The molecule has 2 saturated heterocycles. The summed E-state index contributed by atoms with van der Waals surface area (Å²) in [6.07, 6.45) is 2.18. The van der Waals surface area contributed by atoms with Gasteiger partial charge in [0.15, 0.2) is 0 Å². The van der Waals surface area contributed by atoms with Gasteiger partial charge >= 0.3 is 0 Å². The second-order valence-corrected chi connectivity index (χ2v) is 7.80. The first-order valence-electron chi connectivity index (χ1n) is 10.5. The monoisotopic (exact) mass is 414 g/mol. The standard InChI is InChI=1S/C21H26N4O5/c26-18-6-5-17(19(27)23-18)25-20(28)15-4-3-14(13-16(15)21(25)29)30-12-2-1-9-24-10-7-22-8-11-24/h3-4,13,17,22H,1-2,5-12H2,(H,23,26,27). The van der Waals surface area contributed by atoms with Gasteiger partial charge in [-0.25, -0.2) is 0 Å². The van der Waals surface area contributed by atoms with Crippen LogP contribution in [-0.2, 0) is 9.59 Å². The van der Waals surface area contributed by atoms with E-state index in [4.69, 9.17) is 4.74 Å². The van der Waals surface area contributed by atoms with Crippen LogP contribution in [0.25, 0.3) is 0 Å². The Morgan fingerprint density at radius 2 is 1.77 bits per heavy atom. The second-order valence-electron chi connectivity index (χ2n) is 7.80. The number of piperidine rings is 1. The third kappa shape index (κ3) is 4.22. The number of benzene rings is 1. The molecule has 160 valence electrons. The van der Waals surface area contributed by atoms with Crippen LogP contribution in [0.15, 0.2) is 18.2 Å². The van der Waals surface area contributed by atoms with Crippen LogP contribution in [-0.4, -0.2) is 78.8 Å². The van der Waals surface area contributed by atoms with Gasteiger partial charge in [-0.3, -0.25) is 29.4 Å². The Bertz CT molecular complexity index is 865. The molecule has 1 atom stereocenters. The van der Waals surface area contributed by atoms with Crippen molar-refractivity contribution in [3.8, 4) is 5.75 Å². The van der Waals surface area contributed by atoms with Crippen molar-refractivity contribution in [1.29, 1.82) is 0 Å². The van der Waals surface area contributed by atoms with Gasteiger partial charge in [0.2, 0.25) is 11.8 Å². The molecular formula is C21H26N4O5. The number of rotatable bonds is 7. The molecule has 1 aromatic carbocycles. The van der Waals surface area contributed by atoms with Crippen LogP contribution in [0.3, 0.4) is 0 Å². The maximum Gasteiger partial charge on any atom is 0.262 e. The first kappa shape index (κ1) is 20.5. The summed E-state index contributed by atoms with van der Waals surface area (Å²) in [5, 5.41) is 5.53. The minimum Gasteiger partial charge on any atom is -0.494 e. The molecule has 0 aromatic heterocycles. The first-order valence-corrected chi connectivity index (χ1v) is 10.5. The highest BCUT2D eigenvalue weighted by molar-refractivity contribution is 6.23. The highest BCUT2D eigenvalue weighted by atomic mass is 16.5. The van der Waals surface area contributed by atoms with E-state index in [0.29, 0.717) is 12.4 Å². The predicted octanol–water partition coefficient (Wildman–Crippen LogP) is 0.152. The summed E-state index contributed by atoms with van der Waals surface area (Å²) in [5.74, 6) is -1.50. The zero-order valence-corrected chi connectivity index (χ0v) is 16.8. The molecule has 0 bridgehead atoms. The average molecular weight is 414 g/mol. The molecule has 0 radical (unpaired) electrons. The van der Waals surface area contributed by atoms with Gasteiger partial charge in [0, 0.05) is 32.6 Å². The average Bonchev–Trinajstić information content (AvgIpc) is 2.99. The fourth-order valence-electron chi connectivity index (χ4n) is 4.10. The van der Waals surface area contributed by atoms with Gasteiger partial charge in [-0.1, -0.05) is 0 Å². The quantitative estimate of drug-likeness (QED) is 0.483. The van der Waals surface area contributed by atoms with Crippen molar-refractivity contribution < 1.29 is 23.9 Å². The first-order chi connectivity index (χ1) is 14.5. The van der Waals surface area contributed by atoms with Gasteiger partial charge in [0.1, 0.15) is 11.8 Å². The molecule has 4 amide bonds. The van der Waals surface area contributed by atoms with Crippen LogP contribution >= 0.6 is 0 Å². The number of fused-ring (bicyclic) bond motifs is 1. The maximum absolute atomic E-state index is 12.8. The molecule has 9 heteroatoms. The molecule has 3 aliphatic heterocycles. The molecule has 1 aromatic rings. The van der Waals surface area contributed by atoms with Crippen molar-refractivity contribution in [3.05, 3.63) is 29.3 Å². The molecule has 0 saturated carbocycles. The van der Waals surface area contributed by atoms with E-state index in [2.05, 4.69) is 15.5 Å². The van der Waals surface area contributed by atoms with Crippen LogP contribution < -0.4 is 15.4 Å². The van der Waals surface area contributed by atoms with E-state index < -0.39 is 23.8 Å². The third-order valence-electron chi connectivity index (χ3n) is 5.76. The number of amides is 4. The summed E-state index contributed by atoms with van der Waals surface area (Å²) in [6, 6.07) is 3.85. The number of carbonyl (C=O) groups excluding carboxylic acids is 4. The Morgan fingerprint density at radius 3 is 2.53 bits per heavy atom. The Balaban J connectivity index is 1.32. The number of unbranched alkanes of at least 4 members (excludes halogenated alkanes) is 1. The summed E-state index contributed by atoms with van der Waals surface area (Å²) in [4.78, 5) is 52.4. The summed E-state index contributed by atoms with van der Waals surface area (Å²) in [7, 11) is 0. The number of carbonyl (C=O) groups is 4. The van der Waals surface area contributed by atoms with Crippen LogP contribution in [0.4, 0.5) is 0 Å². The Morgan fingerprint density at radius 1 is 1.00 bits per heavy atom. The molecule has 4 rings (SSSR count). The molecule has 30 heavy (non-hydrogen) atoms. The van der Waals surface area contributed by atoms with E-state index in [9.17, 15) is 19.2 Å². The number of nitrogens with zero attached hydrogens (tertiary/aromatic N) is 2. The molecule has 2 fully saturated rings. The van der Waals surface area contributed by atoms with Crippen molar-refractivity contribution in [1.82, 2.24) is 20.4 Å². The lowest BCUT2D eigenvalue weighted by Crippen LogP contribution is -2.54. The topological polar surface area (TPSA) is 108 Å². The minimum absolute atomic E-state index is 0.103. The molecule has 0 spiro atoms. The smallest absolute Gasteiger partial charge is 0.262 e. The SMILES string of the molecule is O=C1CCC(N2C(=O)c3ccc(OCCCCN4CCNCC4)cc3C2=O)C(=O)N1. The molecule has 0 aliphatic carbocycles. The number of hydrogen-bond donors (Lipinski definition) is 2. The lowest BCUT2D eigenvalue weighted by atomic mass is 10.0. The van der Waals surface area contributed by atoms with Crippen LogP contribution in [0.2, 0.25) is 0 Å². The van der Waals surface area contributed by atoms with Gasteiger partial charge in [-0.05, 0) is 44.0 Å². The largest absolute Gasteiger partial charge is 0.494 e. The van der Waals surface area contributed by atoms with Gasteiger partial charge < -0.3 is 15.0 Å². The van der Waals surface area contributed by atoms with Crippen LogP contribution in [0.1, 0.15) is 46.4 Å². The second kappa shape index (κ2) is 8.93. The Labute approximate surface area is 174 Å². The molecule has 9 nitrogen and oxygen atoms in total. The Kier molecular flexibility index (Phi) is 6.10. The van der Waals surface area contributed by atoms with Crippen molar-refractivity contribution >= 4 is 23.6 Å². The highest BCUT2D eigenvalue weighted by Crippen LogP contribution is 2.30. The zero-order valence-electron chi connectivity index (χ0n) is 16.8. The number of imide groups is 2. The van der Waals surface area contributed by atoms with E-state index in [1.165, 1.54) is 0 Å². The lowest BCUT2D eigenvalue weighted by molar-refractivity contribution is -0.136. The van der Waals surface area contributed by atoms with Crippen molar-refractivity contribution in [3.63, 3.8) is 0 Å². The van der Waals surface area contributed by atoms with E-state index in [1.807, 2.05) is 0 Å².